The van der Waals surface area contributed by atoms with Crippen molar-refractivity contribution in [2.24, 2.45) is 5.92 Å². The first-order valence-electron chi connectivity index (χ1n) is 12.2. The molecule has 0 spiro atoms. The Morgan fingerprint density at radius 3 is 2.09 bits per heavy atom. The van der Waals surface area contributed by atoms with Crippen molar-refractivity contribution in [3.05, 3.63) is 88.5 Å². The molecule has 1 atom stereocenters. The zero-order valence-corrected chi connectivity index (χ0v) is 19.6. The van der Waals surface area contributed by atoms with E-state index < -0.39 is 23.3 Å². The quantitative estimate of drug-likeness (QED) is 0.251. The lowest BCUT2D eigenvalue weighted by molar-refractivity contribution is 0.303. The second kappa shape index (κ2) is 10.0. The van der Waals surface area contributed by atoms with Crippen molar-refractivity contribution in [3.8, 4) is 16.9 Å². The molecule has 1 aliphatic carbocycles. The first-order valence-corrected chi connectivity index (χ1v) is 12.2. The van der Waals surface area contributed by atoms with Gasteiger partial charge in [-0.15, -0.1) is 0 Å². The van der Waals surface area contributed by atoms with Crippen molar-refractivity contribution >= 4 is 0 Å². The van der Waals surface area contributed by atoms with Gasteiger partial charge in [0.1, 0.15) is 11.9 Å². The van der Waals surface area contributed by atoms with E-state index in [4.69, 9.17) is 9.47 Å². The number of hydrogen-bond donors (Lipinski definition) is 0. The molecule has 184 valence electrons. The third-order valence-electron chi connectivity index (χ3n) is 7.49. The van der Waals surface area contributed by atoms with Gasteiger partial charge in [0.15, 0.2) is 23.3 Å². The van der Waals surface area contributed by atoms with Crippen molar-refractivity contribution in [1.29, 1.82) is 0 Å². The van der Waals surface area contributed by atoms with E-state index in [1.807, 2.05) is 0 Å². The third-order valence-corrected chi connectivity index (χ3v) is 7.49. The summed E-state index contributed by atoms with van der Waals surface area (Å²) in [4.78, 5) is 0. The maximum atomic E-state index is 15.0. The predicted molar refractivity (Wildman–Crippen MR) is 126 cm³/mol. The van der Waals surface area contributed by atoms with Crippen molar-refractivity contribution in [2.45, 2.75) is 50.5 Å². The average Bonchev–Trinajstić information content (AvgIpc) is 3.72. The summed E-state index contributed by atoms with van der Waals surface area (Å²) >= 11 is 0. The summed E-state index contributed by atoms with van der Waals surface area (Å²) in [5.74, 6) is -2.22. The fraction of sp³-hybridized carbons (Fsp3) is 0.379. The number of methoxy groups -OCH3 is 1. The van der Waals surface area contributed by atoms with Gasteiger partial charge in [-0.05, 0) is 79.2 Å². The van der Waals surface area contributed by atoms with Gasteiger partial charge in [-0.3, -0.25) is 0 Å². The lowest BCUT2D eigenvalue weighted by atomic mass is 9.76. The largest absolute Gasteiger partial charge is 0.497 e. The van der Waals surface area contributed by atoms with Crippen LogP contribution < -0.4 is 4.74 Å². The summed E-state index contributed by atoms with van der Waals surface area (Å²) in [5, 5.41) is 0. The van der Waals surface area contributed by atoms with Gasteiger partial charge < -0.3 is 9.47 Å². The topological polar surface area (TPSA) is 21.8 Å². The zero-order chi connectivity index (χ0) is 24.5. The highest BCUT2D eigenvalue weighted by Crippen LogP contribution is 2.41. The molecule has 1 unspecified atom stereocenters. The fourth-order valence-corrected chi connectivity index (χ4v) is 5.27. The van der Waals surface area contributed by atoms with Crippen LogP contribution in [0.4, 0.5) is 17.6 Å². The molecule has 0 radical (unpaired) electrons. The van der Waals surface area contributed by atoms with Crippen molar-refractivity contribution < 1.29 is 27.0 Å². The van der Waals surface area contributed by atoms with Crippen LogP contribution in [0, 0.1) is 29.2 Å². The van der Waals surface area contributed by atoms with E-state index in [2.05, 4.69) is 0 Å². The molecule has 5 rings (SSSR count). The van der Waals surface area contributed by atoms with E-state index in [0.717, 1.165) is 32.1 Å². The zero-order valence-electron chi connectivity index (χ0n) is 19.6. The molecule has 1 saturated heterocycles. The molecule has 0 aromatic heterocycles. The monoisotopic (exact) mass is 484 g/mol. The van der Waals surface area contributed by atoms with Gasteiger partial charge in [-0.25, -0.2) is 17.6 Å². The molecule has 1 aliphatic heterocycles. The first kappa shape index (κ1) is 23.9. The summed E-state index contributed by atoms with van der Waals surface area (Å²) in [6.07, 6.45) is 4.09. The van der Waals surface area contributed by atoms with Crippen LogP contribution in [0.2, 0.25) is 0 Å². The standard InChI is InChI=1S/C29H28F4O2/c1-34-21-11-8-19(9-12-21)23-15-14-22(27(31)28(23)32)18-5-2-17(3-6-18)4-7-20-10-13-24(25-16-35-25)29(33)26(20)30/h8-15,17-18,25H,2-7,16H2,1H3. The van der Waals surface area contributed by atoms with Crippen LogP contribution in [0.25, 0.3) is 11.1 Å². The second-order valence-corrected chi connectivity index (χ2v) is 9.58. The first-order chi connectivity index (χ1) is 17.0. The van der Waals surface area contributed by atoms with Gasteiger partial charge in [-0.1, -0.05) is 36.4 Å². The maximum Gasteiger partial charge on any atom is 0.166 e. The molecular weight excluding hydrogens is 456 g/mol. The Hall–Kier alpha value is -2.86. The molecule has 0 amide bonds. The van der Waals surface area contributed by atoms with Crippen LogP contribution in [0.5, 0.6) is 5.75 Å². The SMILES string of the molecule is COc1ccc(-c2ccc(C3CCC(CCc4ccc(C5CO5)c(F)c4F)CC3)c(F)c2F)cc1. The van der Waals surface area contributed by atoms with E-state index in [0.29, 0.717) is 46.9 Å². The van der Waals surface area contributed by atoms with Crippen LogP contribution in [-0.2, 0) is 11.2 Å². The van der Waals surface area contributed by atoms with Crippen molar-refractivity contribution in [2.75, 3.05) is 13.7 Å². The molecule has 2 nitrogen and oxygen atoms in total. The number of hydrogen-bond acceptors (Lipinski definition) is 2. The Labute approximate surface area is 202 Å². The smallest absolute Gasteiger partial charge is 0.166 e. The van der Waals surface area contributed by atoms with Crippen LogP contribution in [0.3, 0.4) is 0 Å². The van der Waals surface area contributed by atoms with Gasteiger partial charge in [0.2, 0.25) is 0 Å². The Morgan fingerprint density at radius 2 is 1.43 bits per heavy atom. The summed E-state index contributed by atoms with van der Waals surface area (Å²) in [6.45, 7) is 0.438. The summed E-state index contributed by atoms with van der Waals surface area (Å²) < 4.78 is 68.9. The lowest BCUT2D eigenvalue weighted by Crippen LogP contribution is -2.16. The fourth-order valence-electron chi connectivity index (χ4n) is 5.27. The Morgan fingerprint density at radius 1 is 0.771 bits per heavy atom. The highest BCUT2D eigenvalue weighted by Gasteiger charge is 2.30. The summed E-state index contributed by atoms with van der Waals surface area (Å²) in [7, 11) is 1.55. The normalized spacial score (nSPS) is 21.7. The molecule has 1 heterocycles. The molecule has 2 aliphatic rings. The van der Waals surface area contributed by atoms with Crippen molar-refractivity contribution in [1.82, 2.24) is 0 Å². The molecule has 3 aromatic carbocycles. The molecule has 6 heteroatoms. The van der Waals surface area contributed by atoms with Crippen LogP contribution in [-0.4, -0.2) is 13.7 Å². The van der Waals surface area contributed by atoms with Crippen LogP contribution in [0.1, 0.15) is 60.8 Å². The van der Waals surface area contributed by atoms with Gasteiger partial charge in [-0.2, -0.15) is 0 Å². The summed E-state index contributed by atoms with van der Waals surface area (Å²) in [5.41, 5.74) is 1.93. The minimum absolute atomic E-state index is 0.0438. The van der Waals surface area contributed by atoms with E-state index in [1.165, 1.54) is 0 Å². The highest BCUT2D eigenvalue weighted by atomic mass is 19.2. The number of halogens is 4. The summed E-state index contributed by atoms with van der Waals surface area (Å²) in [6, 6.07) is 13.5. The average molecular weight is 485 g/mol. The Bertz CT molecular complexity index is 1200. The van der Waals surface area contributed by atoms with E-state index in [1.54, 1.807) is 55.6 Å². The molecular formula is C29H28F4O2. The Kier molecular flexibility index (Phi) is 6.83. The van der Waals surface area contributed by atoms with E-state index in [-0.39, 0.29) is 17.6 Å². The van der Waals surface area contributed by atoms with Crippen molar-refractivity contribution in [3.63, 3.8) is 0 Å². The van der Waals surface area contributed by atoms with Crippen LogP contribution in [0.15, 0.2) is 48.5 Å². The Balaban J connectivity index is 1.20. The van der Waals surface area contributed by atoms with Gasteiger partial charge in [0.25, 0.3) is 0 Å². The predicted octanol–water partition coefficient (Wildman–Crippen LogP) is 7.90. The third kappa shape index (κ3) is 4.94. The number of epoxide rings is 1. The second-order valence-electron chi connectivity index (χ2n) is 9.58. The minimum Gasteiger partial charge on any atom is -0.497 e. The number of aryl methyl sites for hydroxylation is 1. The molecule has 35 heavy (non-hydrogen) atoms. The van der Waals surface area contributed by atoms with E-state index >= 15 is 4.39 Å². The molecule has 1 saturated carbocycles. The van der Waals surface area contributed by atoms with E-state index in [9.17, 15) is 13.2 Å². The number of ether oxygens (including phenoxy) is 2. The maximum absolute atomic E-state index is 15.0. The minimum atomic E-state index is -0.827. The van der Waals surface area contributed by atoms with Crippen LogP contribution >= 0.6 is 0 Å². The molecule has 0 bridgehead atoms. The lowest BCUT2D eigenvalue weighted by Gasteiger charge is -2.29. The van der Waals surface area contributed by atoms with Gasteiger partial charge in [0, 0.05) is 11.1 Å². The highest BCUT2D eigenvalue weighted by molar-refractivity contribution is 5.65. The number of rotatable bonds is 7. The molecule has 2 fully saturated rings. The van der Waals surface area contributed by atoms with Gasteiger partial charge in [0.05, 0.1) is 13.7 Å². The number of benzene rings is 3. The van der Waals surface area contributed by atoms with Gasteiger partial charge >= 0.3 is 0 Å². The molecule has 3 aromatic rings. The molecule has 0 N–H and O–H groups in total.